The van der Waals surface area contributed by atoms with Crippen molar-refractivity contribution in [2.75, 3.05) is 0 Å². The van der Waals surface area contributed by atoms with Crippen molar-refractivity contribution in [2.45, 2.75) is 156 Å². The molecule has 27 heavy (non-hydrogen) atoms. The molecule has 0 aromatic heterocycles. The number of hydrogen-bond donors (Lipinski definition) is 0. The molecule has 0 N–H and O–H groups in total. The van der Waals surface area contributed by atoms with Crippen LogP contribution in [0.2, 0.25) is 0 Å². The lowest BCUT2D eigenvalue weighted by Gasteiger charge is -2.23. The van der Waals surface area contributed by atoms with Gasteiger partial charge in [-0.1, -0.05) is 156 Å². The van der Waals surface area contributed by atoms with Gasteiger partial charge in [-0.15, -0.1) is 0 Å². The Morgan fingerprint density at radius 1 is 0.407 bits per heavy atom. The van der Waals surface area contributed by atoms with Crippen LogP contribution in [0.5, 0.6) is 0 Å². The second-order valence-corrected chi connectivity index (χ2v) is 9.08. The molecule has 0 aliphatic heterocycles. The fourth-order valence-electron chi connectivity index (χ4n) is 4.37. The molecule has 0 spiro atoms. The van der Waals surface area contributed by atoms with E-state index in [9.17, 15) is 0 Å². The van der Waals surface area contributed by atoms with Crippen LogP contribution in [-0.2, 0) is 0 Å². The molecule has 0 amide bonds. The predicted molar refractivity (Wildman–Crippen MR) is 126 cm³/mol. The molecule has 0 aliphatic carbocycles. The van der Waals surface area contributed by atoms with Crippen molar-refractivity contribution in [3.63, 3.8) is 0 Å². The van der Waals surface area contributed by atoms with Gasteiger partial charge in [0.25, 0.3) is 0 Å². The first-order valence-electron chi connectivity index (χ1n) is 13.1. The minimum atomic E-state index is 0.882. The zero-order valence-electron chi connectivity index (χ0n) is 19.9. The minimum absolute atomic E-state index is 0.882. The quantitative estimate of drug-likeness (QED) is 0.164. The third-order valence-electron chi connectivity index (χ3n) is 6.35. The summed E-state index contributed by atoms with van der Waals surface area (Å²) in [4.78, 5) is 0. The molecule has 163 valence electrons. The molecule has 0 nitrogen and oxygen atoms in total. The van der Waals surface area contributed by atoms with Gasteiger partial charge in [0.15, 0.2) is 0 Å². The van der Waals surface area contributed by atoms with Gasteiger partial charge < -0.3 is 0 Å². The largest absolute Gasteiger partial charge is 0.0654 e. The summed E-state index contributed by atoms with van der Waals surface area (Å²) < 4.78 is 0. The summed E-state index contributed by atoms with van der Waals surface area (Å²) in [6.07, 6.45) is 31.5. The lowest BCUT2D eigenvalue weighted by molar-refractivity contribution is 0.379. The molecule has 0 heterocycles. The number of unbranched alkanes of at least 4 members (excludes halogenated alkanes) is 13. The Morgan fingerprint density at radius 3 is 1.11 bits per heavy atom. The van der Waals surface area contributed by atoms with E-state index in [0.29, 0.717) is 0 Å². The van der Waals surface area contributed by atoms with Crippen LogP contribution in [0.15, 0.2) is 0 Å². The molecule has 0 aliphatic rings. The van der Waals surface area contributed by atoms with E-state index < -0.39 is 0 Å². The monoisotopic (exact) mass is 379 g/mol. The maximum atomic E-state index is 2.81. The van der Waals surface area contributed by atoms with Crippen molar-refractivity contribution >= 4 is 0 Å². The van der Waals surface area contributed by atoms with Gasteiger partial charge in [-0.2, -0.15) is 0 Å². The average Bonchev–Trinajstić information content (AvgIpc) is 2.68. The standard InChI is InChI=1S/C27H55/c1-5-9-12-15-18-19-22-26(8-4)25-27(23-20-16-13-10-6-2)24-21-17-14-11-7-3/h25-27H,5-24H2,1-4H3. The second-order valence-electron chi connectivity index (χ2n) is 9.08. The second kappa shape index (κ2) is 22.3. The highest BCUT2D eigenvalue weighted by Crippen LogP contribution is 2.28. The van der Waals surface area contributed by atoms with Crippen LogP contribution in [0.25, 0.3) is 0 Å². The Balaban J connectivity index is 4.11. The fourth-order valence-corrected chi connectivity index (χ4v) is 4.37. The molecule has 0 saturated carbocycles. The molecular formula is C27H55. The Labute approximate surface area is 174 Å². The summed E-state index contributed by atoms with van der Waals surface area (Å²) in [7, 11) is 0. The van der Waals surface area contributed by atoms with E-state index in [1.807, 2.05) is 0 Å². The maximum absolute atomic E-state index is 2.81. The number of hydrogen-bond acceptors (Lipinski definition) is 0. The van der Waals surface area contributed by atoms with Gasteiger partial charge >= 0.3 is 0 Å². The topological polar surface area (TPSA) is 0 Å². The van der Waals surface area contributed by atoms with Crippen LogP contribution in [-0.4, -0.2) is 0 Å². The van der Waals surface area contributed by atoms with E-state index in [2.05, 4.69) is 34.1 Å². The summed E-state index contributed by atoms with van der Waals surface area (Å²) in [5, 5.41) is 0. The first-order chi connectivity index (χ1) is 13.3. The molecule has 1 atom stereocenters. The van der Waals surface area contributed by atoms with E-state index in [1.54, 1.807) is 0 Å². The van der Waals surface area contributed by atoms with Crippen molar-refractivity contribution in [1.29, 1.82) is 0 Å². The SMILES string of the molecule is CCCCCCCCC([CH]C(CCCCCCC)CCCCCCC)CC. The van der Waals surface area contributed by atoms with Crippen molar-refractivity contribution in [3.05, 3.63) is 6.42 Å². The van der Waals surface area contributed by atoms with Crippen LogP contribution in [0, 0.1) is 18.3 Å². The van der Waals surface area contributed by atoms with Crippen LogP contribution >= 0.6 is 0 Å². The van der Waals surface area contributed by atoms with E-state index in [0.717, 1.165) is 11.8 Å². The predicted octanol–water partition coefficient (Wildman–Crippen LogP) is 10.3. The fraction of sp³-hybridized carbons (Fsp3) is 0.963. The first-order valence-corrected chi connectivity index (χ1v) is 13.1. The van der Waals surface area contributed by atoms with Crippen LogP contribution in [0.4, 0.5) is 0 Å². The Morgan fingerprint density at radius 2 is 0.741 bits per heavy atom. The Bertz CT molecular complexity index is 243. The third-order valence-corrected chi connectivity index (χ3v) is 6.35. The van der Waals surface area contributed by atoms with E-state index in [1.165, 1.54) is 128 Å². The highest BCUT2D eigenvalue weighted by molar-refractivity contribution is 4.83. The van der Waals surface area contributed by atoms with Gasteiger partial charge in [0.1, 0.15) is 0 Å². The van der Waals surface area contributed by atoms with Gasteiger partial charge in [-0.05, 0) is 18.3 Å². The molecule has 0 aromatic rings. The summed E-state index contributed by atoms with van der Waals surface area (Å²) in [6, 6.07) is 0. The molecule has 0 heteroatoms. The smallest absolute Gasteiger partial charge is 0.0324 e. The lowest BCUT2D eigenvalue weighted by atomic mass is 9.83. The Hall–Kier alpha value is 0. The maximum Gasteiger partial charge on any atom is -0.0324 e. The average molecular weight is 380 g/mol. The van der Waals surface area contributed by atoms with Crippen LogP contribution < -0.4 is 0 Å². The van der Waals surface area contributed by atoms with Gasteiger partial charge in [-0.3, -0.25) is 0 Å². The normalized spacial score (nSPS) is 12.8. The van der Waals surface area contributed by atoms with Crippen LogP contribution in [0.1, 0.15) is 156 Å². The zero-order valence-corrected chi connectivity index (χ0v) is 19.9. The molecule has 1 radical (unpaired) electrons. The van der Waals surface area contributed by atoms with Crippen molar-refractivity contribution in [2.24, 2.45) is 11.8 Å². The van der Waals surface area contributed by atoms with Gasteiger partial charge in [0.05, 0.1) is 0 Å². The summed E-state index contributed by atoms with van der Waals surface area (Å²) >= 11 is 0. The number of rotatable bonds is 22. The van der Waals surface area contributed by atoms with E-state index in [4.69, 9.17) is 0 Å². The van der Waals surface area contributed by atoms with Crippen molar-refractivity contribution < 1.29 is 0 Å². The molecule has 0 saturated heterocycles. The Kier molecular flexibility index (Phi) is 22.3. The van der Waals surface area contributed by atoms with Gasteiger partial charge in [0, 0.05) is 0 Å². The molecule has 0 fully saturated rings. The van der Waals surface area contributed by atoms with Gasteiger partial charge in [0.2, 0.25) is 0 Å². The van der Waals surface area contributed by atoms with Gasteiger partial charge in [-0.25, -0.2) is 0 Å². The molecular weight excluding hydrogens is 324 g/mol. The van der Waals surface area contributed by atoms with E-state index in [-0.39, 0.29) is 0 Å². The van der Waals surface area contributed by atoms with Crippen LogP contribution in [0.3, 0.4) is 0 Å². The van der Waals surface area contributed by atoms with Crippen molar-refractivity contribution in [3.8, 4) is 0 Å². The third kappa shape index (κ3) is 19.1. The highest BCUT2D eigenvalue weighted by Gasteiger charge is 2.15. The zero-order chi connectivity index (χ0) is 20.0. The highest BCUT2D eigenvalue weighted by atomic mass is 14.2. The molecule has 1 unspecified atom stereocenters. The van der Waals surface area contributed by atoms with Crippen molar-refractivity contribution in [1.82, 2.24) is 0 Å². The summed E-state index contributed by atoms with van der Waals surface area (Å²) in [6.45, 7) is 9.37. The summed E-state index contributed by atoms with van der Waals surface area (Å²) in [5.41, 5.74) is 0. The molecule has 0 bridgehead atoms. The lowest BCUT2D eigenvalue weighted by Crippen LogP contribution is -2.10. The van der Waals surface area contributed by atoms with E-state index >= 15 is 0 Å². The first kappa shape index (κ1) is 27.0. The minimum Gasteiger partial charge on any atom is -0.0654 e. The molecule has 0 rings (SSSR count). The molecule has 0 aromatic carbocycles. The summed E-state index contributed by atoms with van der Waals surface area (Å²) in [5.74, 6) is 1.78.